The van der Waals surface area contributed by atoms with E-state index in [1.807, 2.05) is 30.3 Å². The minimum absolute atomic E-state index is 0.425. The van der Waals surface area contributed by atoms with Gasteiger partial charge in [0, 0.05) is 6.07 Å². The summed E-state index contributed by atoms with van der Waals surface area (Å²) in [6.07, 6.45) is 0. The fourth-order valence-corrected chi connectivity index (χ4v) is 1.37. The molecule has 1 aromatic carbocycles. The van der Waals surface area contributed by atoms with Crippen LogP contribution < -0.4 is 5.73 Å². The standard InChI is InChI=1S/C9H8ClN3/c10-8-6-9(11)12-13(8)7-4-2-1-3-5-7/h1-6H,(H2,11,12). The lowest BCUT2D eigenvalue weighted by Gasteiger charge is -2.00. The minimum atomic E-state index is 0.425. The summed E-state index contributed by atoms with van der Waals surface area (Å²) in [6, 6.07) is 11.2. The van der Waals surface area contributed by atoms with Crippen LogP contribution in [-0.4, -0.2) is 9.78 Å². The number of rotatable bonds is 1. The number of para-hydroxylation sites is 1. The third-order valence-corrected chi connectivity index (χ3v) is 1.95. The summed E-state index contributed by atoms with van der Waals surface area (Å²) >= 11 is 5.90. The van der Waals surface area contributed by atoms with Crippen molar-refractivity contribution in [2.45, 2.75) is 0 Å². The van der Waals surface area contributed by atoms with E-state index in [1.54, 1.807) is 10.7 Å². The number of nitrogens with zero attached hydrogens (tertiary/aromatic N) is 2. The van der Waals surface area contributed by atoms with Gasteiger partial charge in [0.25, 0.3) is 0 Å². The number of hydrogen-bond acceptors (Lipinski definition) is 2. The molecule has 0 aliphatic carbocycles. The lowest BCUT2D eigenvalue weighted by atomic mass is 10.3. The molecule has 4 heteroatoms. The molecule has 0 radical (unpaired) electrons. The van der Waals surface area contributed by atoms with Gasteiger partial charge in [0.2, 0.25) is 0 Å². The van der Waals surface area contributed by atoms with Gasteiger partial charge in [-0.1, -0.05) is 29.8 Å². The molecule has 2 aromatic rings. The molecule has 0 aliphatic rings. The van der Waals surface area contributed by atoms with Crippen LogP contribution in [0.3, 0.4) is 0 Å². The molecule has 66 valence electrons. The van der Waals surface area contributed by atoms with Gasteiger partial charge in [-0.2, -0.15) is 0 Å². The average molecular weight is 194 g/mol. The lowest BCUT2D eigenvalue weighted by molar-refractivity contribution is 0.887. The van der Waals surface area contributed by atoms with Crippen LogP contribution in [0, 0.1) is 0 Å². The van der Waals surface area contributed by atoms with E-state index in [4.69, 9.17) is 17.3 Å². The monoisotopic (exact) mass is 193 g/mol. The summed E-state index contributed by atoms with van der Waals surface area (Å²) in [7, 11) is 0. The molecular formula is C9H8ClN3. The van der Waals surface area contributed by atoms with Gasteiger partial charge in [-0.25, -0.2) is 4.68 Å². The Labute approximate surface area is 80.7 Å². The number of halogens is 1. The van der Waals surface area contributed by atoms with E-state index in [-0.39, 0.29) is 0 Å². The molecule has 0 fully saturated rings. The predicted octanol–water partition coefficient (Wildman–Crippen LogP) is 2.11. The summed E-state index contributed by atoms with van der Waals surface area (Å²) in [5.74, 6) is 0.425. The molecule has 2 rings (SSSR count). The minimum Gasteiger partial charge on any atom is -0.382 e. The van der Waals surface area contributed by atoms with E-state index < -0.39 is 0 Å². The molecule has 0 saturated heterocycles. The van der Waals surface area contributed by atoms with Crippen molar-refractivity contribution < 1.29 is 0 Å². The van der Waals surface area contributed by atoms with Gasteiger partial charge < -0.3 is 5.73 Å². The van der Waals surface area contributed by atoms with Crippen molar-refractivity contribution in [2.75, 3.05) is 5.73 Å². The molecule has 0 spiro atoms. The van der Waals surface area contributed by atoms with Crippen LogP contribution in [0.1, 0.15) is 0 Å². The van der Waals surface area contributed by atoms with Crippen molar-refractivity contribution in [1.29, 1.82) is 0 Å². The second-order valence-electron chi connectivity index (χ2n) is 2.64. The van der Waals surface area contributed by atoms with E-state index in [9.17, 15) is 0 Å². The van der Waals surface area contributed by atoms with Gasteiger partial charge in [-0.05, 0) is 12.1 Å². The Hall–Kier alpha value is -1.48. The van der Waals surface area contributed by atoms with Gasteiger partial charge in [0.1, 0.15) is 11.0 Å². The van der Waals surface area contributed by atoms with Gasteiger partial charge in [0.15, 0.2) is 0 Å². The summed E-state index contributed by atoms with van der Waals surface area (Å²) in [4.78, 5) is 0. The smallest absolute Gasteiger partial charge is 0.147 e. The topological polar surface area (TPSA) is 43.8 Å². The summed E-state index contributed by atoms with van der Waals surface area (Å²) < 4.78 is 1.59. The third kappa shape index (κ3) is 1.51. The second-order valence-corrected chi connectivity index (χ2v) is 3.03. The zero-order valence-electron chi connectivity index (χ0n) is 6.81. The van der Waals surface area contributed by atoms with Crippen LogP contribution in [0.15, 0.2) is 36.4 Å². The Morgan fingerprint density at radius 1 is 1.23 bits per heavy atom. The van der Waals surface area contributed by atoms with E-state index >= 15 is 0 Å². The molecule has 0 atom stereocenters. The average Bonchev–Trinajstić information content (AvgIpc) is 2.47. The fourth-order valence-electron chi connectivity index (χ4n) is 1.13. The zero-order chi connectivity index (χ0) is 9.26. The van der Waals surface area contributed by atoms with Crippen LogP contribution in [0.2, 0.25) is 5.15 Å². The molecule has 1 heterocycles. The molecule has 0 bridgehead atoms. The van der Waals surface area contributed by atoms with E-state index in [2.05, 4.69) is 5.10 Å². The van der Waals surface area contributed by atoms with E-state index in [0.717, 1.165) is 5.69 Å². The molecule has 3 nitrogen and oxygen atoms in total. The van der Waals surface area contributed by atoms with E-state index in [1.165, 1.54) is 0 Å². The SMILES string of the molecule is Nc1cc(Cl)n(-c2ccccc2)n1. The number of aromatic nitrogens is 2. The van der Waals surface area contributed by atoms with Crippen molar-refractivity contribution in [2.24, 2.45) is 0 Å². The van der Waals surface area contributed by atoms with Crippen molar-refractivity contribution in [1.82, 2.24) is 9.78 Å². The maximum atomic E-state index is 5.90. The maximum Gasteiger partial charge on any atom is 0.147 e. The Kier molecular flexibility index (Phi) is 1.94. The molecule has 2 N–H and O–H groups in total. The molecule has 0 aliphatic heterocycles. The zero-order valence-corrected chi connectivity index (χ0v) is 7.57. The molecule has 0 saturated carbocycles. The number of nitrogens with two attached hydrogens (primary N) is 1. The van der Waals surface area contributed by atoms with Crippen LogP contribution in [-0.2, 0) is 0 Å². The molecular weight excluding hydrogens is 186 g/mol. The van der Waals surface area contributed by atoms with Crippen molar-refractivity contribution >= 4 is 17.4 Å². The van der Waals surface area contributed by atoms with E-state index in [0.29, 0.717) is 11.0 Å². The van der Waals surface area contributed by atoms with Crippen LogP contribution in [0.25, 0.3) is 5.69 Å². The first-order chi connectivity index (χ1) is 6.27. The highest BCUT2D eigenvalue weighted by Gasteiger charge is 2.03. The first-order valence-corrected chi connectivity index (χ1v) is 4.21. The normalized spacial score (nSPS) is 10.2. The van der Waals surface area contributed by atoms with Crippen molar-refractivity contribution in [3.05, 3.63) is 41.6 Å². The van der Waals surface area contributed by atoms with Crippen LogP contribution in [0.4, 0.5) is 5.82 Å². The number of benzene rings is 1. The highest BCUT2D eigenvalue weighted by molar-refractivity contribution is 6.30. The van der Waals surface area contributed by atoms with Gasteiger partial charge in [-0.3, -0.25) is 0 Å². The Balaban J connectivity index is 2.53. The number of nitrogen functional groups attached to an aromatic ring is 1. The summed E-state index contributed by atoms with van der Waals surface area (Å²) in [5, 5.41) is 4.56. The second kappa shape index (κ2) is 3.11. The first-order valence-electron chi connectivity index (χ1n) is 3.84. The first kappa shape index (κ1) is 8.13. The summed E-state index contributed by atoms with van der Waals surface area (Å²) in [5.41, 5.74) is 6.41. The van der Waals surface area contributed by atoms with Crippen LogP contribution in [0.5, 0.6) is 0 Å². The lowest BCUT2D eigenvalue weighted by Crippen LogP contribution is -1.96. The number of anilines is 1. The van der Waals surface area contributed by atoms with Gasteiger partial charge in [0.05, 0.1) is 5.69 Å². The molecule has 0 unspecified atom stereocenters. The quantitative estimate of drug-likeness (QED) is 0.754. The highest BCUT2D eigenvalue weighted by Crippen LogP contribution is 2.17. The van der Waals surface area contributed by atoms with Crippen molar-refractivity contribution in [3.63, 3.8) is 0 Å². The Morgan fingerprint density at radius 2 is 1.92 bits per heavy atom. The van der Waals surface area contributed by atoms with Gasteiger partial charge in [-0.15, -0.1) is 5.10 Å². The highest BCUT2D eigenvalue weighted by atomic mass is 35.5. The molecule has 0 amide bonds. The fraction of sp³-hybridized carbons (Fsp3) is 0. The maximum absolute atomic E-state index is 5.90. The number of hydrogen-bond donors (Lipinski definition) is 1. The Morgan fingerprint density at radius 3 is 2.46 bits per heavy atom. The van der Waals surface area contributed by atoms with Crippen LogP contribution >= 0.6 is 11.6 Å². The third-order valence-electron chi connectivity index (χ3n) is 1.69. The van der Waals surface area contributed by atoms with Gasteiger partial charge >= 0.3 is 0 Å². The predicted molar refractivity (Wildman–Crippen MR) is 53.0 cm³/mol. The Bertz CT molecular complexity index is 408. The summed E-state index contributed by atoms with van der Waals surface area (Å²) in [6.45, 7) is 0. The largest absolute Gasteiger partial charge is 0.382 e. The molecule has 1 aromatic heterocycles. The molecule has 13 heavy (non-hydrogen) atoms. The van der Waals surface area contributed by atoms with Crippen molar-refractivity contribution in [3.8, 4) is 5.69 Å².